The van der Waals surface area contributed by atoms with Crippen molar-refractivity contribution in [3.05, 3.63) is 0 Å². The Morgan fingerprint density at radius 2 is 2.60 bits per heavy atom. The number of methoxy groups -OCH3 is 1. The molecule has 0 aromatic heterocycles. The zero-order valence-corrected chi connectivity index (χ0v) is 5.89. The molecule has 0 spiro atoms. The van der Waals surface area contributed by atoms with E-state index in [4.69, 9.17) is 9.84 Å². The number of nitrogens with one attached hydrogen (secondary N) is 1. The van der Waals surface area contributed by atoms with Gasteiger partial charge < -0.3 is 15.2 Å². The molecule has 0 saturated carbocycles. The lowest BCUT2D eigenvalue weighted by Gasteiger charge is -2.24. The van der Waals surface area contributed by atoms with Crippen molar-refractivity contribution in [2.24, 2.45) is 0 Å². The van der Waals surface area contributed by atoms with E-state index >= 15 is 0 Å². The summed E-state index contributed by atoms with van der Waals surface area (Å²) in [6, 6.07) is 0. The first-order chi connectivity index (χ1) is 4.72. The number of carbonyl (C=O) groups excluding carboxylic acids is 1. The number of amides is 1. The summed E-state index contributed by atoms with van der Waals surface area (Å²) >= 11 is 0. The molecule has 0 radical (unpaired) electrons. The highest BCUT2D eigenvalue weighted by Crippen LogP contribution is 2.19. The highest BCUT2D eigenvalue weighted by Gasteiger charge is 2.36. The van der Waals surface area contributed by atoms with Gasteiger partial charge in [0, 0.05) is 20.0 Å². The number of rotatable bonds is 2. The van der Waals surface area contributed by atoms with Crippen LogP contribution in [0.1, 0.15) is 12.8 Å². The van der Waals surface area contributed by atoms with Gasteiger partial charge >= 0.3 is 0 Å². The SMILES string of the molecule is COC1(CO)CCC(=O)N1. The van der Waals surface area contributed by atoms with Crippen LogP contribution in [-0.4, -0.2) is 30.5 Å². The molecule has 2 N–H and O–H groups in total. The third-order valence-electron chi connectivity index (χ3n) is 1.77. The van der Waals surface area contributed by atoms with Crippen LogP contribution in [0, 0.1) is 0 Å². The second-order valence-corrected chi connectivity index (χ2v) is 2.40. The standard InChI is InChI=1S/C6H11NO3/c1-10-6(4-8)3-2-5(9)7-6/h8H,2-4H2,1H3,(H,7,9). The Hall–Kier alpha value is -0.610. The zero-order chi connectivity index (χ0) is 7.61. The number of hydrogen-bond acceptors (Lipinski definition) is 3. The van der Waals surface area contributed by atoms with Gasteiger partial charge in [0.2, 0.25) is 5.91 Å². The highest BCUT2D eigenvalue weighted by molar-refractivity contribution is 5.79. The van der Waals surface area contributed by atoms with E-state index < -0.39 is 5.72 Å². The Balaban J connectivity index is 2.59. The van der Waals surface area contributed by atoms with E-state index in [0.29, 0.717) is 12.8 Å². The van der Waals surface area contributed by atoms with Crippen molar-refractivity contribution in [3.8, 4) is 0 Å². The molecule has 1 unspecified atom stereocenters. The molecule has 1 heterocycles. The third kappa shape index (κ3) is 1.12. The average Bonchev–Trinajstić information content (AvgIpc) is 2.33. The van der Waals surface area contributed by atoms with E-state index in [2.05, 4.69) is 5.32 Å². The molecular formula is C6H11NO3. The summed E-state index contributed by atoms with van der Waals surface area (Å²) in [6.07, 6.45) is 0.993. The molecule has 0 aromatic rings. The van der Waals surface area contributed by atoms with Crippen LogP contribution < -0.4 is 5.32 Å². The fraction of sp³-hybridized carbons (Fsp3) is 0.833. The third-order valence-corrected chi connectivity index (χ3v) is 1.77. The molecule has 4 heteroatoms. The second kappa shape index (κ2) is 2.56. The van der Waals surface area contributed by atoms with Crippen molar-refractivity contribution in [2.45, 2.75) is 18.6 Å². The Bertz CT molecular complexity index is 142. The highest BCUT2D eigenvalue weighted by atomic mass is 16.5. The predicted molar refractivity (Wildman–Crippen MR) is 34.2 cm³/mol. The molecule has 0 aliphatic carbocycles. The van der Waals surface area contributed by atoms with E-state index in [1.165, 1.54) is 7.11 Å². The van der Waals surface area contributed by atoms with Crippen molar-refractivity contribution < 1.29 is 14.6 Å². The first kappa shape index (κ1) is 7.50. The summed E-state index contributed by atoms with van der Waals surface area (Å²) in [5.74, 6) is -0.0594. The lowest BCUT2D eigenvalue weighted by Crippen LogP contribution is -2.46. The fourth-order valence-corrected chi connectivity index (χ4v) is 1.03. The fourth-order valence-electron chi connectivity index (χ4n) is 1.03. The number of ether oxygens (including phenoxy) is 1. The Labute approximate surface area is 59.2 Å². The maximum absolute atomic E-state index is 10.7. The average molecular weight is 145 g/mol. The first-order valence-corrected chi connectivity index (χ1v) is 3.19. The van der Waals surface area contributed by atoms with E-state index in [1.807, 2.05) is 0 Å². The van der Waals surface area contributed by atoms with Gasteiger partial charge in [-0.3, -0.25) is 4.79 Å². The van der Waals surface area contributed by atoms with Crippen LogP contribution in [0.15, 0.2) is 0 Å². The monoisotopic (exact) mass is 145 g/mol. The molecule has 0 bridgehead atoms. The molecule has 1 atom stereocenters. The molecule has 1 fully saturated rings. The van der Waals surface area contributed by atoms with Crippen LogP contribution in [0.25, 0.3) is 0 Å². The molecule has 1 aliphatic rings. The van der Waals surface area contributed by atoms with Gasteiger partial charge in [0.25, 0.3) is 0 Å². The Morgan fingerprint density at radius 3 is 2.80 bits per heavy atom. The summed E-state index contributed by atoms with van der Waals surface area (Å²) in [7, 11) is 1.47. The predicted octanol–water partition coefficient (Wildman–Crippen LogP) is -0.769. The summed E-state index contributed by atoms with van der Waals surface area (Å²) in [5.41, 5.74) is -0.795. The maximum Gasteiger partial charge on any atom is 0.222 e. The van der Waals surface area contributed by atoms with Crippen LogP contribution >= 0.6 is 0 Å². The number of aliphatic hydroxyl groups is 1. The van der Waals surface area contributed by atoms with E-state index in [-0.39, 0.29) is 12.5 Å². The maximum atomic E-state index is 10.7. The lowest BCUT2D eigenvalue weighted by molar-refractivity contribution is -0.125. The van der Waals surface area contributed by atoms with Crippen molar-refractivity contribution >= 4 is 5.91 Å². The van der Waals surface area contributed by atoms with Crippen LogP contribution in [0.4, 0.5) is 0 Å². The second-order valence-electron chi connectivity index (χ2n) is 2.40. The molecule has 1 saturated heterocycles. The molecule has 4 nitrogen and oxygen atoms in total. The molecule has 58 valence electrons. The minimum absolute atomic E-state index is 0.0594. The quantitative estimate of drug-likeness (QED) is 0.536. The van der Waals surface area contributed by atoms with Gasteiger partial charge in [-0.05, 0) is 0 Å². The van der Waals surface area contributed by atoms with Gasteiger partial charge in [0.1, 0.15) is 0 Å². The van der Waals surface area contributed by atoms with Gasteiger partial charge in [0.05, 0.1) is 6.61 Å². The molecule has 1 amide bonds. The number of aliphatic hydroxyl groups excluding tert-OH is 1. The van der Waals surface area contributed by atoms with Crippen LogP contribution in [-0.2, 0) is 9.53 Å². The summed E-state index contributed by atoms with van der Waals surface area (Å²) in [6.45, 7) is -0.158. The van der Waals surface area contributed by atoms with Gasteiger partial charge in [-0.1, -0.05) is 0 Å². The van der Waals surface area contributed by atoms with Crippen LogP contribution in [0.2, 0.25) is 0 Å². The smallest absolute Gasteiger partial charge is 0.222 e. The van der Waals surface area contributed by atoms with E-state index in [9.17, 15) is 4.79 Å². The largest absolute Gasteiger partial charge is 0.391 e. The molecule has 0 aromatic carbocycles. The van der Waals surface area contributed by atoms with Crippen LogP contribution in [0.5, 0.6) is 0 Å². The molecule has 1 aliphatic heterocycles. The van der Waals surface area contributed by atoms with Crippen molar-refractivity contribution in [3.63, 3.8) is 0 Å². The van der Waals surface area contributed by atoms with Crippen molar-refractivity contribution in [1.29, 1.82) is 0 Å². The lowest BCUT2D eigenvalue weighted by atomic mass is 10.2. The number of carbonyl (C=O) groups is 1. The normalized spacial score (nSPS) is 32.4. The molecular weight excluding hydrogens is 134 g/mol. The first-order valence-electron chi connectivity index (χ1n) is 3.19. The Kier molecular flexibility index (Phi) is 1.92. The van der Waals surface area contributed by atoms with Crippen molar-refractivity contribution in [1.82, 2.24) is 5.32 Å². The van der Waals surface area contributed by atoms with Gasteiger partial charge in [-0.2, -0.15) is 0 Å². The minimum atomic E-state index is -0.795. The Morgan fingerprint density at radius 1 is 1.90 bits per heavy atom. The summed E-state index contributed by atoms with van der Waals surface area (Å²) in [4.78, 5) is 10.7. The molecule has 10 heavy (non-hydrogen) atoms. The topological polar surface area (TPSA) is 58.6 Å². The van der Waals surface area contributed by atoms with Crippen molar-refractivity contribution in [2.75, 3.05) is 13.7 Å². The van der Waals surface area contributed by atoms with Gasteiger partial charge in [-0.25, -0.2) is 0 Å². The summed E-state index contributed by atoms with van der Waals surface area (Å²) < 4.78 is 4.94. The van der Waals surface area contributed by atoms with E-state index in [1.54, 1.807) is 0 Å². The van der Waals surface area contributed by atoms with Gasteiger partial charge in [-0.15, -0.1) is 0 Å². The zero-order valence-electron chi connectivity index (χ0n) is 5.89. The number of hydrogen-bond donors (Lipinski definition) is 2. The molecule has 1 rings (SSSR count). The van der Waals surface area contributed by atoms with Gasteiger partial charge in [0.15, 0.2) is 5.72 Å². The van der Waals surface area contributed by atoms with Crippen LogP contribution in [0.3, 0.4) is 0 Å². The van der Waals surface area contributed by atoms with E-state index in [0.717, 1.165) is 0 Å². The minimum Gasteiger partial charge on any atom is -0.391 e. The summed E-state index contributed by atoms with van der Waals surface area (Å²) in [5, 5.41) is 11.4.